The molecule has 1 aromatic carbocycles. The van der Waals surface area contributed by atoms with Gasteiger partial charge in [0.25, 0.3) is 0 Å². The van der Waals surface area contributed by atoms with E-state index in [4.69, 9.17) is 15.0 Å². The molecule has 2 unspecified atom stereocenters. The molecule has 100 valence electrons. The Labute approximate surface area is 109 Å². The first-order valence-corrected chi connectivity index (χ1v) is 6.08. The highest BCUT2D eigenvalue weighted by Crippen LogP contribution is 2.26. The molecule has 1 aliphatic rings. The molecule has 0 spiro atoms. The van der Waals surface area contributed by atoms with Crippen molar-refractivity contribution in [2.75, 3.05) is 13.2 Å². The highest BCUT2D eigenvalue weighted by molar-refractivity contribution is 5.55. The van der Waals surface area contributed by atoms with Gasteiger partial charge in [0.2, 0.25) is 11.7 Å². The summed E-state index contributed by atoms with van der Waals surface area (Å²) in [6.45, 7) is 2.68. The fraction of sp³-hybridized carbons (Fsp3) is 0.385. The van der Waals surface area contributed by atoms with Crippen LogP contribution < -0.4 is 5.73 Å². The number of ether oxygens (including phenoxy) is 1. The lowest BCUT2D eigenvalue weighted by atomic mass is 10.1. The molecule has 1 aliphatic heterocycles. The number of aryl methyl sites for hydroxylation is 1. The average Bonchev–Trinajstić information content (AvgIpc) is 3.01. The van der Waals surface area contributed by atoms with E-state index in [2.05, 4.69) is 10.1 Å². The molecule has 0 aliphatic carbocycles. The Morgan fingerprint density at radius 1 is 1.37 bits per heavy atom. The largest absolute Gasteiger partial charge is 0.379 e. The van der Waals surface area contributed by atoms with Gasteiger partial charge in [0.1, 0.15) is 5.82 Å². The maximum Gasteiger partial charge on any atom is 0.234 e. The molecule has 1 aromatic heterocycles. The molecule has 2 atom stereocenters. The Balaban J connectivity index is 1.90. The summed E-state index contributed by atoms with van der Waals surface area (Å²) >= 11 is 0. The summed E-state index contributed by atoms with van der Waals surface area (Å²) in [7, 11) is 0. The second-order valence-corrected chi connectivity index (χ2v) is 4.73. The molecule has 0 bridgehead atoms. The summed E-state index contributed by atoms with van der Waals surface area (Å²) in [4.78, 5) is 4.32. The number of nitrogens with two attached hydrogens (primary N) is 1. The van der Waals surface area contributed by atoms with E-state index in [-0.39, 0.29) is 17.8 Å². The number of rotatable bonds is 2. The predicted octanol–water partition coefficient (Wildman–Crippen LogP) is 1.63. The molecule has 2 aromatic rings. The van der Waals surface area contributed by atoms with Crippen LogP contribution in [0.4, 0.5) is 4.39 Å². The first kappa shape index (κ1) is 12.3. The minimum absolute atomic E-state index is 0.0669. The molecule has 5 nitrogen and oxygen atoms in total. The molecule has 3 rings (SSSR count). The maximum absolute atomic E-state index is 13.2. The number of nitrogens with zero attached hydrogens (tertiary/aromatic N) is 2. The van der Waals surface area contributed by atoms with Crippen molar-refractivity contribution in [3.8, 4) is 11.4 Å². The lowest BCUT2D eigenvalue weighted by molar-refractivity contribution is 0.187. The fourth-order valence-corrected chi connectivity index (χ4v) is 2.11. The van der Waals surface area contributed by atoms with Crippen LogP contribution in [-0.2, 0) is 4.74 Å². The fourth-order valence-electron chi connectivity index (χ4n) is 2.11. The minimum Gasteiger partial charge on any atom is -0.379 e. The van der Waals surface area contributed by atoms with Crippen LogP contribution in [0.3, 0.4) is 0 Å². The Hall–Kier alpha value is -1.79. The normalized spacial score (nSPS) is 22.9. The highest BCUT2D eigenvalue weighted by atomic mass is 19.1. The van der Waals surface area contributed by atoms with Crippen molar-refractivity contribution >= 4 is 0 Å². The van der Waals surface area contributed by atoms with Crippen LogP contribution in [0.2, 0.25) is 0 Å². The SMILES string of the molecule is Cc1cc(-c2noc(C3COCC3N)n2)ccc1F. The number of aromatic nitrogens is 2. The number of benzene rings is 1. The molecule has 0 saturated carbocycles. The molecule has 1 saturated heterocycles. The van der Waals surface area contributed by atoms with Gasteiger partial charge in [0.15, 0.2) is 0 Å². The first-order valence-electron chi connectivity index (χ1n) is 6.08. The average molecular weight is 263 g/mol. The Morgan fingerprint density at radius 2 is 2.21 bits per heavy atom. The van der Waals surface area contributed by atoms with Crippen LogP contribution in [0.5, 0.6) is 0 Å². The van der Waals surface area contributed by atoms with Crippen LogP contribution in [-0.4, -0.2) is 29.4 Å². The summed E-state index contributed by atoms with van der Waals surface area (Å²) in [6, 6.07) is 4.59. The van der Waals surface area contributed by atoms with Gasteiger partial charge >= 0.3 is 0 Å². The quantitative estimate of drug-likeness (QED) is 0.891. The maximum atomic E-state index is 13.2. The van der Waals surface area contributed by atoms with Gasteiger partial charge in [-0.05, 0) is 30.7 Å². The summed E-state index contributed by atoms with van der Waals surface area (Å²) < 4.78 is 23.7. The van der Waals surface area contributed by atoms with Crippen LogP contribution in [0, 0.1) is 12.7 Å². The van der Waals surface area contributed by atoms with E-state index in [9.17, 15) is 4.39 Å². The lowest BCUT2D eigenvalue weighted by Crippen LogP contribution is -2.26. The zero-order chi connectivity index (χ0) is 13.4. The van der Waals surface area contributed by atoms with Crippen molar-refractivity contribution in [1.29, 1.82) is 0 Å². The molecule has 19 heavy (non-hydrogen) atoms. The molecular formula is C13H14FN3O2. The topological polar surface area (TPSA) is 74.2 Å². The van der Waals surface area contributed by atoms with E-state index in [0.29, 0.717) is 30.5 Å². The Bertz CT molecular complexity index is 599. The monoisotopic (exact) mass is 263 g/mol. The van der Waals surface area contributed by atoms with E-state index in [0.717, 1.165) is 5.56 Å². The van der Waals surface area contributed by atoms with Gasteiger partial charge in [-0.1, -0.05) is 5.16 Å². The van der Waals surface area contributed by atoms with Gasteiger partial charge < -0.3 is 15.0 Å². The van der Waals surface area contributed by atoms with Gasteiger partial charge in [-0.3, -0.25) is 0 Å². The zero-order valence-electron chi connectivity index (χ0n) is 10.5. The van der Waals surface area contributed by atoms with Crippen molar-refractivity contribution in [1.82, 2.24) is 10.1 Å². The molecule has 2 heterocycles. The van der Waals surface area contributed by atoms with E-state index in [1.807, 2.05) is 0 Å². The first-order chi connectivity index (χ1) is 9.15. The van der Waals surface area contributed by atoms with Crippen molar-refractivity contribution in [2.45, 2.75) is 18.9 Å². The summed E-state index contributed by atoms with van der Waals surface area (Å²) in [5, 5.41) is 3.92. The van der Waals surface area contributed by atoms with Crippen LogP contribution in [0.25, 0.3) is 11.4 Å². The summed E-state index contributed by atoms with van der Waals surface area (Å²) in [6.07, 6.45) is 0. The van der Waals surface area contributed by atoms with Gasteiger partial charge in [0.05, 0.1) is 19.1 Å². The standard InChI is InChI=1S/C13H14FN3O2/c1-7-4-8(2-3-10(7)14)12-16-13(19-17-12)9-5-18-6-11(9)15/h2-4,9,11H,5-6,15H2,1H3. The smallest absolute Gasteiger partial charge is 0.234 e. The lowest BCUT2D eigenvalue weighted by Gasteiger charge is -2.06. The molecule has 6 heteroatoms. The van der Waals surface area contributed by atoms with Crippen molar-refractivity contribution in [2.24, 2.45) is 5.73 Å². The molecule has 0 amide bonds. The van der Waals surface area contributed by atoms with Gasteiger partial charge in [0, 0.05) is 11.6 Å². The Kier molecular flexibility index (Phi) is 3.04. The third kappa shape index (κ3) is 2.24. The van der Waals surface area contributed by atoms with E-state index < -0.39 is 0 Å². The summed E-state index contributed by atoms with van der Waals surface area (Å²) in [5.41, 5.74) is 7.17. The Morgan fingerprint density at radius 3 is 2.89 bits per heavy atom. The minimum atomic E-state index is -0.251. The van der Waals surface area contributed by atoms with Crippen LogP contribution in [0.15, 0.2) is 22.7 Å². The third-order valence-corrected chi connectivity index (χ3v) is 3.30. The van der Waals surface area contributed by atoms with Crippen LogP contribution in [0.1, 0.15) is 17.4 Å². The number of halogens is 1. The van der Waals surface area contributed by atoms with Crippen LogP contribution >= 0.6 is 0 Å². The van der Waals surface area contributed by atoms with Gasteiger partial charge in [-0.25, -0.2) is 4.39 Å². The molecule has 1 fully saturated rings. The third-order valence-electron chi connectivity index (χ3n) is 3.30. The van der Waals surface area contributed by atoms with Crippen molar-refractivity contribution < 1.29 is 13.7 Å². The predicted molar refractivity (Wildman–Crippen MR) is 66.0 cm³/mol. The van der Waals surface area contributed by atoms with E-state index in [1.54, 1.807) is 19.1 Å². The van der Waals surface area contributed by atoms with Crippen molar-refractivity contribution in [3.05, 3.63) is 35.5 Å². The highest BCUT2D eigenvalue weighted by Gasteiger charge is 2.31. The van der Waals surface area contributed by atoms with Crippen molar-refractivity contribution in [3.63, 3.8) is 0 Å². The zero-order valence-corrected chi connectivity index (χ0v) is 10.5. The second-order valence-electron chi connectivity index (χ2n) is 4.73. The summed E-state index contributed by atoms with van der Waals surface area (Å²) in [5.74, 6) is 0.598. The molecule has 2 N–H and O–H groups in total. The number of hydrogen-bond donors (Lipinski definition) is 1. The molecular weight excluding hydrogens is 249 g/mol. The second kappa shape index (κ2) is 4.71. The number of hydrogen-bond acceptors (Lipinski definition) is 5. The van der Waals surface area contributed by atoms with Gasteiger partial charge in [-0.15, -0.1) is 0 Å². The molecule has 0 radical (unpaired) electrons. The van der Waals surface area contributed by atoms with E-state index in [1.165, 1.54) is 6.07 Å². The van der Waals surface area contributed by atoms with E-state index >= 15 is 0 Å². The van der Waals surface area contributed by atoms with Gasteiger partial charge in [-0.2, -0.15) is 4.98 Å².